The number of nitrogens with one attached hydrogen (secondary N) is 9. The number of carboxylic acid groups (broad SMARTS) is 2. The maximum Gasteiger partial charge on any atom is 0.305 e. The Morgan fingerprint density at radius 1 is 0.648 bits per heavy atom. The average molecular weight is 1250 g/mol. The van der Waals surface area contributed by atoms with Crippen LogP contribution in [0.5, 0.6) is 0 Å². The number of likely N-dealkylation sites (N-methyl/N-ethyl adjacent to an activating group) is 1. The van der Waals surface area contributed by atoms with Gasteiger partial charge in [-0.15, -0.1) is 0 Å². The van der Waals surface area contributed by atoms with Crippen LogP contribution in [0.25, 0.3) is 0 Å². The number of primary amides is 2. The summed E-state index contributed by atoms with van der Waals surface area (Å²) >= 11 is 1.44. The Morgan fingerprint density at radius 3 is 1.74 bits per heavy atom. The molecular weight excluding hydrogens is 1170 g/mol. The number of carboxylic acids is 2. The number of rotatable bonds is 35. The van der Waals surface area contributed by atoms with Gasteiger partial charge in [-0.25, -0.2) is 0 Å². The molecule has 0 bridgehead atoms. The van der Waals surface area contributed by atoms with Gasteiger partial charge < -0.3 is 79.3 Å². The van der Waals surface area contributed by atoms with E-state index in [9.17, 15) is 82.1 Å². The van der Waals surface area contributed by atoms with Gasteiger partial charge in [0.1, 0.15) is 60.4 Å². The number of aliphatic carboxylic acids is 2. The van der Waals surface area contributed by atoms with Crippen LogP contribution >= 0.6 is 11.8 Å². The van der Waals surface area contributed by atoms with E-state index < -0.39 is 169 Å². The maximum absolute atomic E-state index is 14.8. The van der Waals surface area contributed by atoms with Crippen LogP contribution in [0.15, 0.2) is 60.7 Å². The van der Waals surface area contributed by atoms with Gasteiger partial charge in [-0.3, -0.25) is 71.9 Å². The lowest BCUT2D eigenvalue weighted by Crippen LogP contribution is -2.61. The van der Waals surface area contributed by atoms with Crippen LogP contribution in [0, 0.1) is 5.92 Å². The van der Waals surface area contributed by atoms with E-state index in [1.807, 2.05) is 20.1 Å². The van der Waals surface area contributed by atoms with Gasteiger partial charge in [0, 0.05) is 32.9 Å². The summed E-state index contributed by atoms with van der Waals surface area (Å²) in [6.07, 6.45) is -0.950. The van der Waals surface area contributed by atoms with Crippen molar-refractivity contribution >= 4 is 100 Å². The molecule has 30 nitrogen and oxygen atoms in total. The topological polar surface area (TPSA) is 463 Å². The van der Waals surface area contributed by atoms with Gasteiger partial charge in [0.05, 0.1) is 25.8 Å². The SMILES string of the molecule is CSCC[C@H](NC(=O)[C@H](CC(C)C)NC(=O)CNC(=O)[C@H](Cc1ccccc1)N(C)C(=O)[C@H](Cc1ccccc1)NC(=O)[C@H](CC(=O)O)NC(=O)[C@H](CC(N)=O)NC(=O)[C@@H]1CCCN1C(=O)[C@H](CC(=O)O)NC(=O)[C@H](C)NC(=O)[C@@H]1CCC(=O)N1)C(N)=O. The molecule has 2 aromatic rings. The summed E-state index contributed by atoms with van der Waals surface area (Å²) in [5.74, 6) is -14.7. The highest BCUT2D eigenvalue weighted by Gasteiger charge is 2.42. The van der Waals surface area contributed by atoms with Crippen LogP contribution in [0.1, 0.15) is 89.7 Å². The van der Waals surface area contributed by atoms with Gasteiger partial charge in [0.15, 0.2) is 0 Å². The lowest BCUT2D eigenvalue weighted by atomic mass is 10.0. The molecule has 2 aliphatic heterocycles. The fourth-order valence-corrected chi connectivity index (χ4v) is 10.2. The Hall–Kier alpha value is -9.16. The van der Waals surface area contributed by atoms with E-state index in [4.69, 9.17) is 11.5 Å². The first-order chi connectivity index (χ1) is 41.6. The number of benzene rings is 2. The minimum absolute atomic E-state index is 0.0762. The molecule has 0 unspecified atom stereocenters. The molecule has 2 aromatic carbocycles. The lowest BCUT2D eigenvalue weighted by Gasteiger charge is -2.32. The monoisotopic (exact) mass is 1250 g/mol. The third-order valence-corrected chi connectivity index (χ3v) is 14.9. The number of nitrogens with two attached hydrogens (primary N) is 2. The molecule has 2 aliphatic rings. The van der Waals surface area contributed by atoms with E-state index in [-0.39, 0.29) is 69.7 Å². The molecule has 0 saturated carbocycles. The minimum Gasteiger partial charge on any atom is -0.481 e. The first-order valence-electron chi connectivity index (χ1n) is 28.4. The maximum atomic E-state index is 14.8. The molecule has 0 aromatic heterocycles. The zero-order valence-electron chi connectivity index (χ0n) is 49.5. The van der Waals surface area contributed by atoms with E-state index in [1.165, 1.54) is 25.7 Å². The van der Waals surface area contributed by atoms with Crippen molar-refractivity contribution < 1.29 is 82.1 Å². The summed E-state index contributed by atoms with van der Waals surface area (Å²) in [6, 6.07) is 1.97. The average Bonchev–Trinajstić information content (AvgIpc) is 2.45. The lowest BCUT2D eigenvalue weighted by molar-refractivity contribution is -0.146. The normalized spacial score (nSPS) is 17.1. The van der Waals surface area contributed by atoms with Crippen molar-refractivity contribution in [2.24, 2.45) is 17.4 Å². The fraction of sp³-hybridized carbons (Fsp3) is 0.526. The van der Waals surface area contributed by atoms with Gasteiger partial charge in [-0.2, -0.15) is 11.8 Å². The number of hydrogen-bond donors (Lipinski definition) is 13. The van der Waals surface area contributed by atoms with Gasteiger partial charge in [-0.05, 0) is 68.1 Å². The van der Waals surface area contributed by atoms with Gasteiger partial charge in [0.25, 0.3) is 0 Å². The molecule has 4 rings (SSSR count). The Labute approximate surface area is 511 Å². The molecular formula is C57H79N13O17S. The highest BCUT2D eigenvalue weighted by molar-refractivity contribution is 7.98. The fourth-order valence-electron chi connectivity index (χ4n) is 9.69. The van der Waals surface area contributed by atoms with Crippen molar-refractivity contribution in [3.05, 3.63) is 71.8 Å². The van der Waals surface area contributed by atoms with Crippen LogP contribution in [0.4, 0.5) is 0 Å². The predicted octanol–water partition coefficient (Wildman–Crippen LogP) is -3.79. The molecule has 480 valence electrons. The molecule has 31 heteroatoms. The van der Waals surface area contributed by atoms with Crippen molar-refractivity contribution in [2.45, 2.75) is 152 Å². The van der Waals surface area contributed by atoms with Crippen LogP contribution in [-0.4, -0.2) is 201 Å². The van der Waals surface area contributed by atoms with Gasteiger partial charge in [0.2, 0.25) is 76.8 Å². The second-order valence-corrected chi connectivity index (χ2v) is 22.7. The quantitative estimate of drug-likeness (QED) is 0.0315. The minimum atomic E-state index is -2.04. The number of thioether (sulfide) groups is 1. The summed E-state index contributed by atoms with van der Waals surface area (Å²) in [7, 11) is 1.26. The molecule has 2 fully saturated rings. The standard InChI is InChI=1S/C57H79N13O17S/c1-30(2)23-36(51(81)64-34(48(59)78)20-22-88-5)63-45(73)29-60-54(84)42(25-33-15-10-7-11-16-33)69(4)56(86)39(24-32-13-8-6-9-14-32)68-53(83)38(27-46(74)75)65-52(82)37(26-43(58)71)66-55(85)41-17-12-21-70(41)57(87)40(28-47(76)77)67-49(79)31(3)61-50(80)35-18-19-44(72)62-35/h6-11,13-16,30-31,34-42H,12,17-29H2,1-5H3,(H2,58,71)(H2,59,78)(H,60,84)(H,61,80)(H,62,72)(H,63,73)(H,64,81)(H,65,82)(H,66,85)(H,67,79)(H,68,83)(H,74,75)(H,76,77)/t31-,34-,35-,36-,37-,38-,39-,40-,41-,42-/m0/s1. The predicted molar refractivity (Wildman–Crippen MR) is 315 cm³/mol. The highest BCUT2D eigenvalue weighted by atomic mass is 32.2. The Bertz CT molecular complexity index is 2880. The van der Waals surface area contributed by atoms with Crippen molar-refractivity contribution in [1.29, 1.82) is 0 Å². The largest absolute Gasteiger partial charge is 0.481 e. The van der Waals surface area contributed by atoms with Crippen molar-refractivity contribution in [1.82, 2.24) is 57.7 Å². The van der Waals surface area contributed by atoms with Crippen molar-refractivity contribution in [3.8, 4) is 0 Å². The molecule has 2 saturated heterocycles. The zero-order chi connectivity index (χ0) is 65.4. The Balaban J connectivity index is 1.55. The molecule has 2 heterocycles. The number of amides is 13. The number of nitrogens with zero attached hydrogens (tertiary/aromatic N) is 2. The van der Waals surface area contributed by atoms with Crippen molar-refractivity contribution in [2.75, 3.05) is 32.1 Å². The second-order valence-electron chi connectivity index (χ2n) is 21.7. The number of hydrogen-bond acceptors (Lipinski definition) is 16. The summed E-state index contributed by atoms with van der Waals surface area (Å²) in [6.45, 7) is 4.03. The van der Waals surface area contributed by atoms with Crippen molar-refractivity contribution in [3.63, 3.8) is 0 Å². The van der Waals surface area contributed by atoms with E-state index in [2.05, 4.69) is 47.9 Å². The van der Waals surface area contributed by atoms with Crippen LogP contribution in [-0.2, 0) is 84.8 Å². The van der Waals surface area contributed by atoms with E-state index in [1.54, 1.807) is 60.7 Å². The molecule has 88 heavy (non-hydrogen) atoms. The number of carbonyl (C=O) groups excluding carboxylic acids is 13. The van der Waals surface area contributed by atoms with Gasteiger partial charge >= 0.3 is 11.9 Å². The molecule has 15 N–H and O–H groups in total. The molecule has 0 radical (unpaired) electrons. The molecule has 10 atom stereocenters. The molecule has 0 aliphatic carbocycles. The summed E-state index contributed by atoms with van der Waals surface area (Å²) in [5.41, 5.74) is 12.0. The van der Waals surface area contributed by atoms with Crippen LogP contribution in [0.3, 0.4) is 0 Å². The highest BCUT2D eigenvalue weighted by Crippen LogP contribution is 2.21. The first-order valence-corrected chi connectivity index (χ1v) is 29.8. The van der Waals surface area contributed by atoms with E-state index >= 15 is 0 Å². The third kappa shape index (κ3) is 22.9. The third-order valence-electron chi connectivity index (χ3n) is 14.3. The first kappa shape index (κ1) is 71.3. The summed E-state index contributed by atoms with van der Waals surface area (Å²) < 4.78 is 0. The zero-order valence-corrected chi connectivity index (χ0v) is 50.3. The summed E-state index contributed by atoms with van der Waals surface area (Å²) in [4.78, 5) is 201. The van der Waals surface area contributed by atoms with Gasteiger partial charge in [-0.1, -0.05) is 74.5 Å². The molecule has 0 spiro atoms. The number of likely N-dealkylation sites (tertiary alicyclic amines) is 1. The second kappa shape index (κ2) is 34.8. The smallest absolute Gasteiger partial charge is 0.305 e. The number of carbonyl (C=O) groups is 15. The van der Waals surface area contributed by atoms with E-state index in [0.717, 1.165) is 9.80 Å². The van der Waals surface area contributed by atoms with Crippen LogP contribution in [0.2, 0.25) is 0 Å². The Kier molecular flexibility index (Phi) is 28.2. The van der Waals surface area contributed by atoms with Crippen LogP contribution < -0.4 is 59.3 Å². The molecule has 13 amide bonds. The van der Waals surface area contributed by atoms with E-state index in [0.29, 0.717) is 16.9 Å². The summed E-state index contributed by atoms with van der Waals surface area (Å²) in [5, 5.41) is 41.5. The Morgan fingerprint density at radius 2 is 1.19 bits per heavy atom.